The third kappa shape index (κ3) is 2.11. The Hall–Kier alpha value is -1.84. The summed E-state index contributed by atoms with van der Waals surface area (Å²) in [4.78, 5) is 11.0. The number of hydrogen-bond acceptors (Lipinski definition) is 2. The number of hydrogen-bond donors (Lipinski definition) is 1. The largest absolute Gasteiger partial charge is 0.356 e. The van der Waals surface area contributed by atoms with Gasteiger partial charge in [-0.15, -0.1) is 0 Å². The summed E-state index contributed by atoms with van der Waals surface area (Å²) in [6, 6.07) is 2.19. The minimum Gasteiger partial charge on any atom is -0.356 e. The normalized spacial score (nSPS) is 17.7. The molecule has 0 fully saturated rings. The van der Waals surface area contributed by atoms with E-state index in [1.165, 1.54) is 28.6 Å². The molecule has 1 atom stereocenters. The molecule has 19 heavy (non-hydrogen) atoms. The smallest absolute Gasteiger partial charge is 0.216 e. The molecule has 0 bridgehead atoms. The average molecular weight is 257 g/mol. The third-order valence-electron chi connectivity index (χ3n) is 4.03. The van der Waals surface area contributed by atoms with Gasteiger partial charge in [0.25, 0.3) is 0 Å². The number of amides is 1. The SMILES string of the molecule is CC(=O)NCCC1CCc2ccn3ncc(C)c3c21. The predicted octanol–water partition coefficient (Wildman–Crippen LogP) is 2.20. The van der Waals surface area contributed by atoms with E-state index < -0.39 is 0 Å². The van der Waals surface area contributed by atoms with Gasteiger partial charge in [0.1, 0.15) is 0 Å². The van der Waals surface area contributed by atoms with E-state index in [4.69, 9.17) is 0 Å². The molecular weight excluding hydrogens is 238 g/mol. The van der Waals surface area contributed by atoms with Crippen LogP contribution in [0.5, 0.6) is 0 Å². The van der Waals surface area contributed by atoms with Crippen molar-refractivity contribution >= 4 is 11.4 Å². The summed E-state index contributed by atoms with van der Waals surface area (Å²) in [6.45, 7) is 4.45. The number of nitrogens with zero attached hydrogens (tertiary/aromatic N) is 2. The summed E-state index contributed by atoms with van der Waals surface area (Å²) in [5.74, 6) is 0.595. The van der Waals surface area contributed by atoms with Gasteiger partial charge in [0.15, 0.2) is 0 Å². The third-order valence-corrected chi connectivity index (χ3v) is 4.03. The highest BCUT2D eigenvalue weighted by atomic mass is 16.1. The Kier molecular flexibility index (Phi) is 3.01. The molecule has 0 spiro atoms. The predicted molar refractivity (Wildman–Crippen MR) is 74.3 cm³/mol. The molecule has 0 saturated heterocycles. The van der Waals surface area contributed by atoms with Gasteiger partial charge in [-0.25, -0.2) is 4.52 Å². The van der Waals surface area contributed by atoms with Crippen molar-refractivity contribution in [2.24, 2.45) is 0 Å². The molecular formula is C15H19N3O. The number of aryl methyl sites for hydroxylation is 2. The Labute approximate surface area is 112 Å². The van der Waals surface area contributed by atoms with E-state index in [0.717, 1.165) is 19.4 Å². The van der Waals surface area contributed by atoms with Gasteiger partial charge in [-0.2, -0.15) is 5.10 Å². The van der Waals surface area contributed by atoms with Gasteiger partial charge >= 0.3 is 0 Å². The molecule has 0 saturated carbocycles. The fourth-order valence-corrected chi connectivity index (χ4v) is 3.16. The van der Waals surface area contributed by atoms with Crippen molar-refractivity contribution in [3.05, 3.63) is 35.2 Å². The zero-order valence-electron chi connectivity index (χ0n) is 11.4. The van der Waals surface area contributed by atoms with E-state index in [9.17, 15) is 4.79 Å². The van der Waals surface area contributed by atoms with E-state index in [1.807, 2.05) is 10.7 Å². The molecule has 2 heterocycles. The lowest BCUT2D eigenvalue weighted by Gasteiger charge is -2.13. The van der Waals surface area contributed by atoms with Gasteiger partial charge in [-0.05, 0) is 54.9 Å². The van der Waals surface area contributed by atoms with Crippen molar-refractivity contribution < 1.29 is 4.79 Å². The van der Waals surface area contributed by atoms with Gasteiger partial charge in [0, 0.05) is 19.7 Å². The maximum Gasteiger partial charge on any atom is 0.216 e. The van der Waals surface area contributed by atoms with Crippen LogP contribution in [0.3, 0.4) is 0 Å². The highest BCUT2D eigenvalue weighted by Gasteiger charge is 2.25. The highest BCUT2D eigenvalue weighted by Crippen LogP contribution is 2.38. The molecule has 1 unspecified atom stereocenters. The van der Waals surface area contributed by atoms with E-state index in [1.54, 1.807) is 6.92 Å². The van der Waals surface area contributed by atoms with Crippen molar-refractivity contribution in [3.8, 4) is 0 Å². The molecule has 1 N–H and O–H groups in total. The lowest BCUT2D eigenvalue weighted by molar-refractivity contribution is -0.118. The van der Waals surface area contributed by atoms with Crippen LogP contribution in [-0.2, 0) is 11.2 Å². The van der Waals surface area contributed by atoms with Gasteiger partial charge in [-0.1, -0.05) is 0 Å². The van der Waals surface area contributed by atoms with Gasteiger partial charge in [0.05, 0.1) is 11.7 Å². The number of carbonyl (C=O) groups excluding carboxylic acids is 1. The van der Waals surface area contributed by atoms with Crippen LogP contribution in [0.15, 0.2) is 18.5 Å². The summed E-state index contributed by atoms with van der Waals surface area (Å²) in [5.41, 5.74) is 5.40. The molecule has 100 valence electrons. The summed E-state index contributed by atoms with van der Waals surface area (Å²) in [7, 11) is 0. The van der Waals surface area contributed by atoms with Crippen molar-refractivity contribution in [1.29, 1.82) is 0 Å². The van der Waals surface area contributed by atoms with E-state index >= 15 is 0 Å². The molecule has 1 aliphatic carbocycles. The van der Waals surface area contributed by atoms with Gasteiger partial charge in [-0.3, -0.25) is 4.79 Å². The summed E-state index contributed by atoms with van der Waals surface area (Å²) in [5, 5.41) is 7.28. The molecule has 1 amide bonds. The van der Waals surface area contributed by atoms with Crippen molar-refractivity contribution in [2.45, 2.75) is 39.0 Å². The second-order valence-corrected chi connectivity index (χ2v) is 5.38. The Morgan fingerprint density at radius 3 is 3.21 bits per heavy atom. The first-order valence-corrected chi connectivity index (χ1v) is 6.87. The Morgan fingerprint density at radius 1 is 1.58 bits per heavy atom. The Bertz CT molecular complexity index is 630. The number of nitrogens with one attached hydrogen (secondary N) is 1. The second-order valence-electron chi connectivity index (χ2n) is 5.38. The zero-order chi connectivity index (χ0) is 13.4. The number of fused-ring (bicyclic) bond motifs is 3. The molecule has 3 rings (SSSR count). The first-order chi connectivity index (χ1) is 9.16. The molecule has 1 aliphatic rings. The first kappa shape index (κ1) is 12.2. The van der Waals surface area contributed by atoms with E-state index in [-0.39, 0.29) is 5.91 Å². The maximum atomic E-state index is 11.0. The van der Waals surface area contributed by atoms with Gasteiger partial charge in [0.2, 0.25) is 5.91 Å². The Balaban J connectivity index is 1.91. The summed E-state index contributed by atoms with van der Waals surface area (Å²) < 4.78 is 1.98. The zero-order valence-corrected chi connectivity index (χ0v) is 11.4. The molecule has 4 nitrogen and oxygen atoms in total. The highest BCUT2D eigenvalue weighted by molar-refractivity contribution is 5.72. The van der Waals surface area contributed by atoms with Crippen LogP contribution in [0.25, 0.3) is 5.52 Å². The van der Waals surface area contributed by atoms with Crippen LogP contribution in [0, 0.1) is 6.92 Å². The number of aromatic nitrogens is 2. The second kappa shape index (κ2) is 4.68. The Morgan fingerprint density at radius 2 is 2.42 bits per heavy atom. The standard InChI is InChI=1S/C15H19N3O/c1-10-9-17-18-8-6-13-4-3-12(14(13)15(10)18)5-7-16-11(2)19/h6,8-9,12H,3-5,7H2,1-2H3,(H,16,19). The van der Waals surface area contributed by atoms with Crippen LogP contribution in [-0.4, -0.2) is 22.1 Å². The molecule has 0 radical (unpaired) electrons. The topological polar surface area (TPSA) is 46.4 Å². The fraction of sp³-hybridized carbons (Fsp3) is 0.467. The first-order valence-electron chi connectivity index (χ1n) is 6.87. The van der Waals surface area contributed by atoms with E-state index in [2.05, 4.69) is 29.6 Å². The molecule has 4 heteroatoms. The van der Waals surface area contributed by atoms with Crippen molar-refractivity contribution in [3.63, 3.8) is 0 Å². The molecule has 2 aromatic heterocycles. The lowest BCUT2D eigenvalue weighted by atomic mass is 9.96. The van der Waals surface area contributed by atoms with Crippen LogP contribution in [0.2, 0.25) is 0 Å². The molecule has 0 aliphatic heterocycles. The van der Waals surface area contributed by atoms with E-state index in [0.29, 0.717) is 5.92 Å². The molecule has 2 aromatic rings. The number of pyridine rings is 1. The van der Waals surface area contributed by atoms with Crippen molar-refractivity contribution in [1.82, 2.24) is 14.9 Å². The van der Waals surface area contributed by atoms with Crippen LogP contribution in [0.4, 0.5) is 0 Å². The monoisotopic (exact) mass is 257 g/mol. The van der Waals surface area contributed by atoms with Gasteiger partial charge < -0.3 is 5.32 Å². The maximum absolute atomic E-state index is 11.0. The number of rotatable bonds is 3. The lowest BCUT2D eigenvalue weighted by Crippen LogP contribution is -2.22. The average Bonchev–Trinajstić information content (AvgIpc) is 2.93. The van der Waals surface area contributed by atoms with Crippen LogP contribution < -0.4 is 5.32 Å². The number of carbonyl (C=O) groups is 1. The van der Waals surface area contributed by atoms with Crippen LogP contribution >= 0.6 is 0 Å². The van der Waals surface area contributed by atoms with Crippen molar-refractivity contribution in [2.75, 3.05) is 6.54 Å². The minimum atomic E-state index is 0.0527. The minimum absolute atomic E-state index is 0.0527. The summed E-state index contributed by atoms with van der Waals surface area (Å²) >= 11 is 0. The van der Waals surface area contributed by atoms with Crippen LogP contribution in [0.1, 0.15) is 42.4 Å². The summed E-state index contributed by atoms with van der Waals surface area (Å²) in [6.07, 6.45) is 7.31. The quantitative estimate of drug-likeness (QED) is 0.916. The fourth-order valence-electron chi connectivity index (χ4n) is 3.16. The molecule has 0 aromatic carbocycles.